The topological polar surface area (TPSA) is 103 Å². The van der Waals surface area contributed by atoms with Crippen molar-refractivity contribution in [3.05, 3.63) is 56.6 Å². The van der Waals surface area contributed by atoms with E-state index in [0.717, 1.165) is 30.3 Å². The van der Waals surface area contributed by atoms with Crippen LogP contribution in [0.2, 0.25) is 10.0 Å². The Balaban J connectivity index is 1.85. The van der Waals surface area contributed by atoms with E-state index in [1.165, 1.54) is 11.4 Å². The van der Waals surface area contributed by atoms with Crippen LogP contribution < -0.4 is 20.1 Å². The maximum Gasteiger partial charge on any atom is 0.492 e. The minimum atomic E-state index is -5.19. The third-order valence-corrected chi connectivity index (χ3v) is 4.04. The average Bonchev–Trinajstić information content (AvgIpc) is 2.94. The number of ether oxygens (including phenoxy) is 2. The fraction of sp³-hybridized carbons (Fsp3) is 0.133. The third-order valence-electron chi connectivity index (χ3n) is 3.47. The SMILES string of the molecule is O=C(Nc1cc([N+](=O)[O-])ccc1Cl)N[C@]1(C(F)(F)F)Oc2ccc(Cl)cc2O1. The number of hydrogen-bond acceptors (Lipinski definition) is 5. The van der Waals surface area contributed by atoms with Crippen molar-refractivity contribution in [2.24, 2.45) is 0 Å². The molecule has 1 atom stereocenters. The van der Waals surface area contributed by atoms with Gasteiger partial charge >= 0.3 is 18.1 Å². The zero-order valence-electron chi connectivity index (χ0n) is 13.3. The number of benzene rings is 2. The second kappa shape index (κ2) is 6.91. The van der Waals surface area contributed by atoms with Gasteiger partial charge in [-0.15, -0.1) is 0 Å². The number of nitro groups is 1. The quantitative estimate of drug-likeness (QED) is 0.534. The largest absolute Gasteiger partial charge is 0.492 e. The van der Waals surface area contributed by atoms with Crippen molar-refractivity contribution in [1.29, 1.82) is 0 Å². The maximum atomic E-state index is 13.6. The second-order valence-electron chi connectivity index (χ2n) is 5.41. The number of alkyl halides is 3. The van der Waals surface area contributed by atoms with Crippen molar-refractivity contribution in [2.75, 3.05) is 5.32 Å². The van der Waals surface area contributed by atoms with Gasteiger partial charge in [-0.2, -0.15) is 13.2 Å². The molecule has 0 aliphatic carbocycles. The van der Waals surface area contributed by atoms with Crippen molar-refractivity contribution in [1.82, 2.24) is 5.32 Å². The number of nitrogens with zero attached hydrogens (tertiary/aromatic N) is 1. The maximum absolute atomic E-state index is 13.6. The first-order chi connectivity index (χ1) is 13.0. The predicted molar refractivity (Wildman–Crippen MR) is 91.8 cm³/mol. The monoisotopic (exact) mass is 437 g/mol. The number of rotatable bonds is 3. The Labute approximate surface area is 164 Å². The summed E-state index contributed by atoms with van der Waals surface area (Å²) in [4.78, 5) is 22.2. The molecule has 3 rings (SSSR count). The average molecular weight is 438 g/mol. The van der Waals surface area contributed by atoms with Crippen LogP contribution >= 0.6 is 23.2 Å². The Bertz CT molecular complexity index is 972. The Morgan fingerprint density at radius 2 is 1.79 bits per heavy atom. The molecular formula is C15H8Cl2F3N3O5. The van der Waals surface area contributed by atoms with Gasteiger partial charge in [0.05, 0.1) is 15.6 Å². The molecule has 2 aromatic rings. The number of anilines is 1. The molecule has 2 N–H and O–H groups in total. The normalized spacial score (nSPS) is 17.9. The fourth-order valence-corrected chi connectivity index (χ4v) is 2.57. The molecule has 0 saturated heterocycles. The molecular weight excluding hydrogens is 430 g/mol. The summed E-state index contributed by atoms with van der Waals surface area (Å²) in [6.45, 7) is 0. The number of carbonyl (C=O) groups excluding carboxylic acids is 1. The number of fused-ring (bicyclic) bond motifs is 1. The van der Waals surface area contributed by atoms with Gasteiger partial charge in [0.2, 0.25) is 0 Å². The summed E-state index contributed by atoms with van der Waals surface area (Å²) in [7, 11) is 0. The van der Waals surface area contributed by atoms with Crippen LogP contribution in [0.4, 0.5) is 29.3 Å². The first kappa shape index (κ1) is 19.8. The summed E-state index contributed by atoms with van der Waals surface area (Å²) in [6.07, 6.45) is -5.19. The molecule has 2 amide bonds. The Kier molecular flexibility index (Phi) is 4.90. The Morgan fingerprint density at radius 3 is 2.43 bits per heavy atom. The molecule has 1 aliphatic rings. The van der Waals surface area contributed by atoms with Crippen LogP contribution in [0, 0.1) is 10.1 Å². The van der Waals surface area contributed by atoms with E-state index < -0.39 is 28.7 Å². The van der Waals surface area contributed by atoms with Gasteiger partial charge in [-0.1, -0.05) is 23.2 Å². The standard InChI is InChI=1S/C15H8Cl2F3N3O5/c16-7-1-4-11-12(5-7)28-15(27-11,14(18,19)20)22-13(24)21-10-6-8(23(25)26)2-3-9(10)17/h1-6H,(H2,21,22,24)/t15-/m1/s1. The van der Waals surface area contributed by atoms with E-state index >= 15 is 0 Å². The van der Waals surface area contributed by atoms with E-state index in [4.69, 9.17) is 32.7 Å². The zero-order valence-corrected chi connectivity index (χ0v) is 14.9. The number of nitro benzene ring substituents is 1. The van der Waals surface area contributed by atoms with E-state index in [9.17, 15) is 28.1 Å². The van der Waals surface area contributed by atoms with Crippen LogP contribution in [0.1, 0.15) is 0 Å². The van der Waals surface area contributed by atoms with Crippen molar-refractivity contribution >= 4 is 40.6 Å². The smallest absolute Gasteiger partial charge is 0.424 e. The number of amides is 2. The van der Waals surface area contributed by atoms with Crippen LogP contribution in [-0.2, 0) is 0 Å². The molecule has 0 aromatic heterocycles. The second-order valence-corrected chi connectivity index (χ2v) is 6.25. The van der Waals surface area contributed by atoms with Crippen molar-refractivity contribution in [3.8, 4) is 11.5 Å². The predicted octanol–water partition coefficient (Wildman–Crippen LogP) is 4.71. The number of carbonyl (C=O) groups is 1. The van der Waals surface area contributed by atoms with Gasteiger partial charge < -0.3 is 14.8 Å². The van der Waals surface area contributed by atoms with Crippen LogP contribution in [0.3, 0.4) is 0 Å². The highest BCUT2D eigenvalue weighted by Crippen LogP contribution is 2.46. The van der Waals surface area contributed by atoms with Crippen LogP contribution in [0.5, 0.6) is 11.5 Å². The molecule has 0 spiro atoms. The zero-order chi connectivity index (χ0) is 20.7. The van der Waals surface area contributed by atoms with E-state index in [1.807, 2.05) is 5.32 Å². The number of urea groups is 1. The fourth-order valence-electron chi connectivity index (χ4n) is 2.24. The summed E-state index contributed by atoms with van der Waals surface area (Å²) in [5, 5.41) is 14.3. The molecule has 0 saturated carbocycles. The van der Waals surface area contributed by atoms with Gasteiger partial charge in [0.1, 0.15) is 0 Å². The summed E-state index contributed by atoms with van der Waals surface area (Å²) in [5.74, 6) is -4.16. The lowest BCUT2D eigenvalue weighted by atomic mass is 10.3. The molecule has 0 radical (unpaired) electrons. The van der Waals surface area contributed by atoms with Crippen molar-refractivity contribution in [3.63, 3.8) is 0 Å². The molecule has 1 heterocycles. The van der Waals surface area contributed by atoms with Crippen LogP contribution in [-0.4, -0.2) is 23.0 Å². The summed E-state index contributed by atoms with van der Waals surface area (Å²) < 4.78 is 50.4. The summed E-state index contributed by atoms with van der Waals surface area (Å²) in [6, 6.07) is 5.12. The van der Waals surface area contributed by atoms with Gasteiger partial charge in [-0.05, 0) is 18.2 Å². The first-order valence-corrected chi connectivity index (χ1v) is 8.04. The Hall–Kier alpha value is -2.92. The van der Waals surface area contributed by atoms with Gasteiger partial charge in [0.25, 0.3) is 5.69 Å². The first-order valence-electron chi connectivity index (χ1n) is 7.28. The van der Waals surface area contributed by atoms with E-state index in [1.54, 1.807) is 0 Å². The highest BCUT2D eigenvalue weighted by atomic mass is 35.5. The Morgan fingerprint density at radius 1 is 1.11 bits per heavy atom. The van der Waals surface area contributed by atoms with Crippen LogP contribution in [0.25, 0.3) is 0 Å². The molecule has 0 fully saturated rings. The highest BCUT2D eigenvalue weighted by Gasteiger charge is 2.65. The molecule has 148 valence electrons. The van der Waals surface area contributed by atoms with Crippen molar-refractivity contribution < 1.29 is 32.4 Å². The number of nitrogens with one attached hydrogen (secondary N) is 2. The lowest BCUT2D eigenvalue weighted by Crippen LogP contribution is -2.65. The molecule has 13 heteroatoms. The van der Waals surface area contributed by atoms with E-state index in [0.29, 0.717) is 0 Å². The lowest BCUT2D eigenvalue weighted by molar-refractivity contribution is -0.384. The molecule has 0 bridgehead atoms. The molecule has 2 aromatic carbocycles. The minimum Gasteiger partial charge on any atom is -0.424 e. The third kappa shape index (κ3) is 3.71. The summed E-state index contributed by atoms with van der Waals surface area (Å²) >= 11 is 11.5. The highest BCUT2D eigenvalue weighted by molar-refractivity contribution is 6.33. The van der Waals surface area contributed by atoms with Crippen molar-refractivity contribution in [2.45, 2.75) is 12.1 Å². The molecule has 1 aliphatic heterocycles. The minimum absolute atomic E-state index is 0.0909. The van der Waals surface area contributed by atoms with E-state index in [2.05, 4.69) is 0 Å². The van der Waals surface area contributed by atoms with Gasteiger partial charge in [0, 0.05) is 23.2 Å². The van der Waals surface area contributed by atoms with E-state index in [-0.39, 0.29) is 27.2 Å². The molecule has 0 unspecified atom stereocenters. The van der Waals surface area contributed by atoms with Gasteiger partial charge in [0.15, 0.2) is 11.5 Å². The van der Waals surface area contributed by atoms with Crippen LogP contribution in [0.15, 0.2) is 36.4 Å². The molecule has 28 heavy (non-hydrogen) atoms. The number of halogens is 5. The summed E-state index contributed by atoms with van der Waals surface area (Å²) in [5.41, 5.74) is -0.718. The molecule has 8 nitrogen and oxygen atoms in total. The van der Waals surface area contributed by atoms with Gasteiger partial charge in [-0.25, -0.2) is 4.79 Å². The lowest BCUT2D eigenvalue weighted by Gasteiger charge is -2.29. The van der Waals surface area contributed by atoms with Gasteiger partial charge in [-0.3, -0.25) is 15.4 Å². The number of non-ortho nitro benzene ring substituents is 1. The number of hydrogen-bond donors (Lipinski definition) is 2.